The third-order valence-corrected chi connectivity index (χ3v) is 4.39. The smallest absolute Gasteiger partial charge is 0.340 e. The summed E-state index contributed by atoms with van der Waals surface area (Å²) in [6.45, 7) is 5.88. The van der Waals surface area contributed by atoms with Gasteiger partial charge in [0.25, 0.3) is 0 Å². The van der Waals surface area contributed by atoms with Crippen LogP contribution in [0.25, 0.3) is 0 Å². The second kappa shape index (κ2) is 6.67. The number of rotatable bonds is 4. The Labute approximate surface area is 130 Å². The van der Waals surface area contributed by atoms with Crippen LogP contribution in [0, 0.1) is 5.92 Å². The highest BCUT2D eigenvalue weighted by Crippen LogP contribution is 2.31. The number of halogens is 1. The van der Waals surface area contributed by atoms with E-state index in [2.05, 4.69) is 5.32 Å². The minimum atomic E-state index is -0.498. The fourth-order valence-electron chi connectivity index (χ4n) is 2.68. The van der Waals surface area contributed by atoms with Crippen molar-refractivity contribution in [3.05, 3.63) is 28.8 Å². The first-order valence-corrected chi connectivity index (χ1v) is 7.59. The lowest BCUT2D eigenvalue weighted by Crippen LogP contribution is -2.42. The minimum Gasteiger partial charge on any atom is -0.497 e. The molecule has 1 aliphatic heterocycles. The Hall–Kier alpha value is -1.26. The van der Waals surface area contributed by atoms with Crippen LogP contribution in [0.4, 0.5) is 0 Å². The highest BCUT2D eigenvalue weighted by molar-refractivity contribution is 6.33. The number of benzene rings is 1. The van der Waals surface area contributed by atoms with E-state index in [4.69, 9.17) is 21.1 Å². The quantitative estimate of drug-likeness (QED) is 0.867. The average molecular weight is 312 g/mol. The van der Waals surface area contributed by atoms with Crippen molar-refractivity contribution < 1.29 is 14.3 Å². The molecule has 2 rings (SSSR count). The molecule has 0 saturated carbocycles. The summed E-state index contributed by atoms with van der Waals surface area (Å²) in [6, 6.07) is 4.97. The van der Waals surface area contributed by atoms with Gasteiger partial charge in [-0.1, -0.05) is 11.6 Å². The van der Waals surface area contributed by atoms with Gasteiger partial charge >= 0.3 is 5.97 Å². The van der Waals surface area contributed by atoms with E-state index in [9.17, 15) is 4.79 Å². The first kappa shape index (κ1) is 16.1. The maximum Gasteiger partial charge on any atom is 0.340 e. The molecule has 0 spiro atoms. The zero-order valence-electron chi connectivity index (χ0n) is 12.7. The van der Waals surface area contributed by atoms with Crippen LogP contribution in [0.2, 0.25) is 5.02 Å². The highest BCUT2D eigenvalue weighted by atomic mass is 35.5. The summed E-state index contributed by atoms with van der Waals surface area (Å²) < 4.78 is 10.8. The molecular formula is C16H22ClNO3. The van der Waals surface area contributed by atoms with Crippen molar-refractivity contribution in [2.75, 3.05) is 20.2 Å². The molecule has 1 fully saturated rings. The molecule has 1 saturated heterocycles. The minimum absolute atomic E-state index is 0.348. The van der Waals surface area contributed by atoms with Gasteiger partial charge in [0, 0.05) is 5.92 Å². The van der Waals surface area contributed by atoms with Crippen LogP contribution in [0.15, 0.2) is 18.2 Å². The van der Waals surface area contributed by atoms with Crippen LogP contribution in [-0.4, -0.2) is 31.8 Å². The van der Waals surface area contributed by atoms with Gasteiger partial charge in [-0.3, -0.25) is 0 Å². The molecule has 1 aromatic rings. The van der Waals surface area contributed by atoms with Crippen LogP contribution in [0.5, 0.6) is 5.75 Å². The van der Waals surface area contributed by atoms with Crippen molar-refractivity contribution in [3.63, 3.8) is 0 Å². The van der Waals surface area contributed by atoms with E-state index in [0.29, 0.717) is 22.3 Å². The van der Waals surface area contributed by atoms with Gasteiger partial charge < -0.3 is 14.8 Å². The Kier molecular flexibility index (Phi) is 5.12. The Morgan fingerprint density at radius 3 is 2.57 bits per heavy atom. The zero-order valence-corrected chi connectivity index (χ0v) is 13.5. The average Bonchev–Trinajstić information content (AvgIpc) is 2.47. The number of carbonyl (C=O) groups is 1. The van der Waals surface area contributed by atoms with Gasteiger partial charge in [0.15, 0.2) is 0 Å². The summed E-state index contributed by atoms with van der Waals surface area (Å²) in [5, 5.41) is 3.67. The summed E-state index contributed by atoms with van der Waals surface area (Å²) >= 11 is 6.13. The maximum atomic E-state index is 12.4. The topological polar surface area (TPSA) is 47.6 Å². The monoisotopic (exact) mass is 311 g/mol. The molecule has 0 aromatic heterocycles. The Morgan fingerprint density at radius 2 is 2.00 bits per heavy atom. The third-order valence-electron chi connectivity index (χ3n) is 4.07. The maximum absolute atomic E-state index is 12.4. The summed E-state index contributed by atoms with van der Waals surface area (Å²) in [5.74, 6) is 0.597. The van der Waals surface area contributed by atoms with Crippen LogP contribution in [0.3, 0.4) is 0 Å². The molecule has 5 heteroatoms. The number of esters is 1. The van der Waals surface area contributed by atoms with Crippen molar-refractivity contribution in [2.24, 2.45) is 5.92 Å². The number of carbonyl (C=O) groups excluding carboxylic acids is 1. The van der Waals surface area contributed by atoms with E-state index in [1.54, 1.807) is 25.3 Å². The fraction of sp³-hybridized carbons (Fsp3) is 0.562. The molecule has 0 atom stereocenters. The molecule has 1 aromatic carbocycles. The molecule has 0 radical (unpaired) electrons. The van der Waals surface area contributed by atoms with Gasteiger partial charge in [0.1, 0.15) is 11.4 Å². The number of piperidine rings is 1. The second-order valence-corrected chi connectivity index (χ2v) is 6.27. The summed E-state index contributed by atoms with van der Waals surface area (Å²) in [7, 11) is 1.56. The number of ether oxygens (including phenoxy) is 2. The highest BCUT2D eigenvalue weighted by Gasteiger charge is 2.34. The Balaban J connectivity index is 2.09. The lowest BCUT2D eigenvalue weighted by molar-refractivity contribution is -0.0367. The standard InChI is InChI=1S/C16H22ClNO3/c1-16(2,11-6-8-18-9-7-11)21-15(19)13-5-4-12(20-3)10-14(13)17/h4-5,10-11,18H,6-9H2,1-3H3. The van der Waals surface area contributed by atoms with Gasteiger partial charge in [-0.25, -0.2) is 4.79 Å². The van der Waals surface area contributed by atoms with E-state index in [-0.39, 0.29) is 5.97 Å². The van der Waals surface area contributed by atoms with Crippen molar-refractivity contribution >= 4 is 17.6 Å². The van der Waals surface area contributed by atoms with Crippen molar-refractivity contribution in [1.29, 1.82) is 0 Å². The molecule has 0 bridgehead atoms. The first-order valence-electron chi connectivity index (χ1n) is 7.21. The summed E-state index contributed by atoms with van der Waals surface area (Å²) in [6.07, 6.45) is 2.02. The van der Waals surface area contributed by atoms with Gasteiger partial charge in [-0.05, 0) is 58.0 Å². The second-order valence-electron chi connectivity index (χ2n) is 5.86. The molecule has 1 heterocycles. The van der Waals surface area contributed by atoms with Crippen LogP contribution in [-0.2, 0) is 4.74 Å². The lowest BCUT2D eigenvalue weighted by Gasteiger charge is -2.36. The van der Waals surface area contributed by atoms with Crippen LogP contribution in [0.1, 0.15) is 37.0 Å². The molecule has 21 heavy (non-hydrogen) atoms. The molecule has 1 aliphatic rings. The van der Waals surface area contributed by atoms with E-state index in [1.165, 1.54) is 0 Å². The molecule has 1 N–H and O–H groups in total. The number of methoxy groups -OCH3 is 1. The normalized spacial score (nSPS) is 16.6. The summed E-state index contributed by atoms with van der Waals surface area (Å²) in [5.41, 5.74) is -0.123. The Bertz CT molecular complexity index is 510. The molecule has 0 aliphatic carbocycles. The SMILES string of the molecule is COc1ccc(C(=O)OC(C)(C)C2CCNCC2)c(Cl)c1. The van der Waals surface area contributed by atoms with Crippen molar-refractivity contribution in [1.82, 2.24) is 5.32 Å². The Morgan fingerprint density at radius 1 is 1.33 bits per heavy atom. The van der Waals surface area contributed by atoms with E-state index < -0.39 is 5.60 Å². The molecule has 0 unspecified atom stereocenters. The summed E-state index contributed by atoms with van der Waals surface area (Å²) in [4.78, 5) is 12.4. The van der Waals surface area contributed by atoms with Crippen molar-refractivity contribution in [3.8, 4) is 5.75 Å². The van der Waals surface area contributed by atoms with Gasteiger partial charge in [0.05, 0.1) is 17.7 Å². The fourth-order valence-corrected chi connectivity index (χ4v) is 2.93. The van der Waals surface area contributed by atoms with E-state index in [1.807, 2.05) is 13.8 Å². The predicted molar refractivity (Wildman–Crippen MR) is 83.1 cm³/mol. The van der Waals surface area contributed by atoms with E-state index in [0.717, 1.165) is 25.9 Å². The molecule has 0 amide bonds. The predicted octanol–water partition coefficient (Wildman–Crippen LogP) is 3.28. The lowest BCUT2D eigenvalue weighted by atomic mass is 9.83. The van der Waals surface area contributed by atoms with Crippen LogP contribution < -0.4 is 10.1 Å². The van der Waals surface area contributed by atoms with Gasteiger partial charge in [0.2, 0.25) is 0 Å². The number of hydrogen-bond acceptors (Lipinski definition) is 4. The number of hydrogen-bond donors (Lipinski definition) is 1. The van der Waals surface area contributed by atoms with Gasteiger partial charge in [-0.2, -0.15) is 0 Å². The molecule has 116 valence electrons. The number of nitrogens with one attached hydrogen (secondary N) is 1. The van der Waals surface area contributed by atoms with Crippen molar-refractivity contribution in [2.45, 2.75) is 32.3 Å². The largest absolute Gasteiger partial charge is 0.497 e. The zero-order chi connectivity index (χ0) is 15.5. The van der Waals surface area contributed by atoms with E-state index >= 15 is 0 Å². The first-order chi connectivity index (χ1) is 9.94. The van der Waals surface area contributed by atoms with Crippen LogP contribution >= 0.6 is 11.6 Å². The molecular weight excluding hydrogens is 290 g/mol. The van der Waals surface area contributed by atoms with Gasteiger partial charge in [-0.15, -0.1) is 0 Å². The third kappa shape index (κ3) is 3.89. The molecule has 4 nitrogen and oxygen atoms in total.